The van der Waals surface area contributed by atoms with Crippen LogP contribution < -0.4 is 0 Å². The summed E-state index contributed by atoms with van der Waals surface area (Å²) in [6.07, 6.45) is 0. The highest BCUT2D eigenvalue weighted by Gasteiger charge is 2.02. The average molecular weight is 259 g/mol. The Morgan fingerprint density at radius 1 is 0.800 bits per heavy atom. The minimum absolute atomic E-state index is 0.732. The van der Waals surface area contributed by atoms with Gasteiger partial charge in [-0.3, -0.25) is 4.99 Å². The van der Waals surface area contributed by atoms with Crippen molar-refractivity contribution in [2.45, 2.75) is 13.5 Å². The van der Waals surface area contributed by atoms with E-state index >= 15 is 0 Å². The summed E-state index contributed by atoms with van der Waals surface area (Å²) in [7, 11) is 0. The molecule has 0 aliphatic rings. The van der Waals surface area contributed by atoms with Gasteiger partial charge in [0.15, 0.2) is 0 Å². The Morgan fingerprint density at radius 2 is 1.50 bits per heavy atom. The molecular weight excluding hydrogens is 242 g/mol. The molecular formula is C19H17N. The second kappa shape index (κ2) is 5.70. The van der Waals surface area contributed by atoms with Crippen molar-refractivity contribution in [3.63, 3.8) is 0 Å². The van der Waals surface area contributed by atoms with Crippen molar-refractivity contribution in [2.75, 3.05) is 0 Å². The molecule has 3 aromatic carbocycles. The van der Waals surface area contributed by atoms with Gasteiger partial charge < -0.3 is 0 Å². The lowest BCUT2D eigenvalue weighted by atomic mass is 10.0. The van der Waals surface area contributed by atoms with E-state index in [1.807, 2.05) is 6.07 Å². The van der Waals surface area contributed by atoms with Gasteiger partial charge in [-0.05, 0) is 23.3 Å². The van der Waals surface area contributed by atoms with Crippen LogP contribution in [0.3, 0.4) is 0 Å². The Kier molecular flexibility index (Phi) is 3.60. The zero-order valence-electron chi connectivity index (χ0n) is 11.6. The molecule has 0 atom stereocenters. The van der Waals surface area contributed by atoms with Crippen molar-refractivity contribution in [1.29, 1.82) is 0 Å². The van der Waals surface area contributed by atoms with Gasteiger partial charge in [0.25, 0.3) is 0 Å². The molecule has 0 heterocycles. The Morgan fingerprint density at radius 3 is 2.35 bits per heavy atom. The van der Waals surface area contributed by atoms with Crippen molar-refractivity contribution in [1.82, 2.24) is 0 Å². The SMILES string of the molecule is CC(=NCc1ccccc1)c1cccc2ccccc12. The van der Waals surface area contributed by atoms with E-state index in [1.165, 1.54) is 21.9 Å². The van der Waals surface area contributed by atoms with E-state index in [2.05, 4.69) is 73.7 Å². The normalized spacial score (nSPS) is 11.8. The molecule has 3 rings (SSSR count). The molecule has 0 aromatic heterocycles. The van der Waals surface area contributed by atoms with Gasteiger partial charge in [-0.1, -0.05) is 72.8 Å². The van der Waals surface area contributed by atoms with E-state index in [1.54, 1.807) is 0 Å². The largest absolute Gasteiger partial charge is 0.285 e. The van der Waals surface area contributed by atoms with Crippen molar-refractivity contribution < 1.29 is 0 Å². The summed E-state index contributed by atoms with van der Waals surface area (Å²) in [5, 5.41) is 2.53. The van der Waals surface area contributed by atoms with Gasteiger partial charge in [-0.25, -0.2) is 0 Å². The highest BCUT2D eigenvalue weighted by atomic mass is 14.7. The van der Waals surface area contributed by atoms with Crippen molar-refractivity contribution >= 4 is 16.5 Å². The first-order chi connectivity index (χ1) is 9.84. The number of hydrogen-bond donors (Lipinski definition) is 0. The van der Waals surface area contributed by atoms with E-state index in [0.29, 0.717) is 0 Å². The number of nitrogens with zero attached hydrogens (tertiary/aromatic N) is 1. The Hall–Kier alpha value is -2.41. The van der Waals surface area contributed by atoms with Crippen molar-refractivity contribution in [3.05, 3.63) is 83.9 Å². The van der Waals surface area contributed by atoms with E-state index in [0.717, 1.165) is 12.3 Å². The molecule has 1 nitrogen and oxygen atoms in total. The third kappa shape index (κ3) is 2.62. The molecule has 0 aliphatic carbocycles. The molecule has 1 heteroatoms. The number of benzene rings is 3. The summed E-state index contributed by atoms with van der Waals surface area (Å²) in [6, 6.07) is 25.2. The summed E-state index contributed by atoms with van der Waals surface area (Å²) >= 11 is 0. The van der Waals surface area contributed by atoms with E-state index < -0.39 is 0 Å². The summed E-state index contributed by atoms with van der Waals surface area (Å²) < 4.78 is 0. The van der Waals surface area contributed by atoms with Gasteiger partial charge >= 0.3 is 0 Å². The standard InChI is InChI=1S/C19H17N/c1-15(20-14-16-8-3-2-4-9-16)18-13-7-11-17-10-5-6-12-19(17)18/h2-13H,14H2,1H3. The fraction of sp³-hybridized carbons (Fsp3) is 0.105. The topological polar surface area (TPSA) is 12.4 Å². The zero-order chi connectivity index (χ0) is 13.8. The van der Waals surface area contributed by atoms with E-state index in [-0.39, 0.29) is 0 Å². The monoisotopic (exact) mass is 259 g/mol. The Balaban J connectivity index is 1.94. The fourth-order valence-electron chi connectivity index (χ4n) is 2.42. The van der Waals surface area contributed by atoms with Crippen LogP contribution in [0.2, 0.25) is 0 Å². The highest BCUT2D eigenvalue weighted by molar-refractivity contribution is 6.09. The van der Waals surface area contributed by atoms with E-state index in [4.69, 9.17) is 4.99 Å². The van der Waals surface area contributed by atoms with Gasteiger partial charge in [0.1, 0.15) is 0 Å². The van der Waals surface area contributed by atoms with Crippen molar-refractivity contribution in [2.24, 2.45) is 4.99 Å². The lowest BCUT2D eigenvalue weighted by molar-refractivity contribution is 1.07. The molecule has 0 spiro atoms. The summed E-state index contributed by atoms with van der Waals surface area (Å²) in [4.78, 5) is 4.73. The minimum atomic E-state index is 0.732. The summed E-state index contributed by atoms with van der Waals surface area (Å²) in [5.41, 5.74) is 3.55. The third-order valence-electron chi connectivity index (χ3n) is 3.52. The van der Waals surface area contributed by atoms with Crippen LogP contribution in [0.25, 0.3) is 10.8 Å². The smallest absolute Gasteiger partial charge is 0.0643 e. The number of hydrogen-bond acceptors (Lipinski definition) is 1. The maximum Gasteiger partial charge on any atom is 0.0643 e. The second-order valence-electron chi connectivity index (χ2n) is 4.91. The van der Waals surface area contributed by atoms with Crippen LogP contribution in [0.1, 0.15) is 18.1 Å². The van der Waals surface area contributed by atoms with Crippen LogP contribution in [0, 0.1) is 0 Å². The van der Waals surface area contributed by atoms with Gasteiger partial charge in [-0.2, -0.15) is 0 Å². The lowest BCUT2D eigenvalue weighted by Crippen LogP contribution is -1.97. The van der Waals surface area contributed by atoms with Crippen LogP contribution >= 0.6 is 0 Å². The van der Waals surface area contributed by atoms with Gasteiger partial charge in [-0.15, -0.1) is 0 Å². The van der Waals surface area contributed by atoms with Gasteiger partial charge in [0.05, 0.1) is 6.54 Å². The molecule has 0 radical (unpaired) electrons. The molecule has 0 bridgehead atoms. The van der Waals surface area contributed by atoms with Crippen LogP contribution in [-0.4, -0.2) is 5.71 Å². The molecule has 3 aromatic rings. The molecule has 0 amide bonds. The average Bonchev–Trinajstić information content (AvgIpc) is 2.53. The van der Waals surface area contributed by atoms with Crippen LogP contribution in [0.4, 0.5) is 0 Å². The predicted molar refractivity (Wildman–Crippen MR) is 86.3 cm³/mol. The quantitative estimate of drug-likeness (QED) is 0.596. The first-order valence-corrected chi connectivity index (χ1v) is 6.88. The van der Waals surface area contributed by atoms with Crippen molar-refractivity contribution in [3.8, 4) is 0 Å². The Labute approximate surface area is 119 Å². The zero-order valence-corrected chi connectivity index (χ0v) is 11.6. The highest BCUT2D eigenvalue weighted by Crippen LogP contribution is 2.19. The summed E-state index contributed by atoms with van der Waals surface area (Å²) in [5.74, 6) is 0. The Bertz CT molecular complexity index is 737. The van der Waals surface area contributed by atoms with Crippen LogP contribution in [0.5, 0.6) is 0 Å². The fourth-order valence-corrected chi connectivity index (χ4v) is 2.42. The first-order valence-electron chi connectivity index (χ1n) is 6.88. The number of rotatable bonds is 3. The maximum absolute atomic E-state index is 4.73. The maximum atomic E-state index is 4.73. The first kappa shape index (κ1) is 12.6. The molecule has 20 heavy (non-hydrogen) atoms. The third-order valence-corrected chi connectivity index (χ3v) is 3.52. The molecule has 0 fully saturated rings. The number of fused-ring (bicyclic) bond motifs is 1. The second-order valence-corrected chi connectivity index (χ2v) is 4.91. The number of aliphatic imine (C=N–C) groups is 1. The molecule has 0 saturated carbocycles. The molecule has 0 aliphatic heterocycles. The summed E-state index contributed by atoms with van der Waals surface area (Å²) in [6.45, 7) is 2.82. The predicted octanol–water partition coefficient (Wildman–Crippen LogP) is 4.85. The molecule has 0 unspecified atom stereocenters. The lowest BCUT2D eigenvalue weighted by Gasteiger charge is -2.06. The molecule has 98 valence electrons. The van der Waals surface area contributed by atoms with Gasteiger partial charge in [0, 0.05) is 11.3 Å². The molecule has 0 N–H and O–H groups in total. The van der Waals surface area contributed by atoms with Crippen LogP contribution in [-0.2, 0) is 6.54 Å². The molecule has 0 saturated heterocycles. The van der Waals surface area contributed by atoms with Gasteiger partial charge in [0.2, 0.25) is 0 Å². The van der Waals surface area contributed by atoms with Crippen LogP contribution in [0.15, 0.2) is 77.8 Å². The van der Waals surface area contributed by atoms with E-state index in [9.17, 15) is 0 Å². The minimum Gasteiger partial charge on any atom is -0.285 e.